The lowest BCUT2D eigenvalue weighted by atomic mass is 9.83. The fourth-order valence-electron chi connectivity index (χ4n) is 4.26. The van der Waals surface area contributed by atoms with Gasteiger partial charge in [0.25, 0.3) is 0 Å². The van der Waals surface area contributed by atoms with E-state index in [9.17, 15) is 18.0 Å². The standard InChI is InChI=1S/C19H32F3N5O/c1-10(2)9-23-19(25-18(28)11-6-7-13(20)15(22)8-11)24-17-12-4-3-5-14(21)16(12)26-27-17/h10-17,26-27H,3-9H2,1-2H3,(H2,23,24,25,28). The van der Waals surface area contributed by atoms with Crippen LogP contribution in [0.25, 0.3) is 0 Å². The molecule has 2 saturated carbocycles. The summed E-state index contributed by atoms with van der Waals surface area (Å²) in [6.07, 6.45) is -1.73. The van der Waals surface area contributed by atoms with E-state index in [1.807, 2.05) is 13.8 Å². The Morgan fingerprint density at radius 1 is 1.07 bits per heavy atom. The van der Waals surface area contributed by atoms with Gasteiger partial charge in [-0.25, -0.2) is 24.0 Å². The van der Waals surface area contributed by atoms with Crippen LogP contribution in [0.1, 0.15) is 52.4 Å². The van der Waals surface area contributed by atoms with Crippen LogP contribution in [0.2, 0.25) is 0 Å². The van der Waals surface area contributed by atoms with Crippen molar-refractivity contribution in [3.63, 3.8) is 0 Å². The van der Waals surface area contributed by atoms with Gasteiger partial charge in [-0.05, 0) is 38.0 Å². The van der Waals surface area contributed by atoms with Crippen molar-refractivity contribution in [2.75, 3.05) is 6.54 Å². The zero-order valence-corrected chi connectivity index (χ0v) is 16.6. The molecule has 0 radical (unpaired) electrons. The topological polar surface area (TPSA) is 77.5 Å². The van der Waals surface area contributed by atoms with Crippen LogP contribution in [-0.2, 0) is 4.79 Å². The van der Waals surface area contributed by atoms with E-state index in [1.54, 1.807) is 0 Å². The molecule has 1 aliphatic heterocycles. The van der Waals surface area contributed by atoms with Crippen molar-refractivity contribution in [1.82, 2.24) is 21.5 Å². The molecule has 1 saturated heterocycles. The zero-order chi connectivity index (χ0) is 20.3. The van der Waals surface area contributed by atoms with Crippen molar-refractivity contribution < 1.29 is 18.0 Å². The molecule has 1 amide bonds. The molecule has 28 heavy (non-hydrogen) atoms. The molecule has 0 aromatic heterocycles. The number of aliphatic imine (C=N–C) groups is 1. The van der Waals surface area contributed by atoms with Crippen LogP contribution >= 0.6 is 0 Å². The molecule has 4 N–H and O–H groups in total. The van der Waals surface area contributed by atoms with Gasteiger partial charge in [0, 0.05) is 18.4 Å². The lowest BCUT2D eigenvalue weighted by molar-refractivity contribution is -0.125. The molecule has 3 fully saturated rings. The highest BCUT2D eigenvalue weighted by molar-refractivity contribution is 5.98. The number of hydrazine groups is 1. The predicted molar refractivity (Wildman–Crippen MR) is 102 cm³/mol. The second kappa shape index (κ2) is 9.43. The van der Waals surface area contributed by atoms with Crippen molar-refractivity contribution in [2.24, 2.45) is 22.7 Å². The van der Waals surface area contributed by atoms with Gasteiger partial charge in [0.15, 0.2) is 5.96 Å². The van der Waals surface area contributed by atoms with Crippen molar-refractivity contribution >= 4 is 11.9 Å². The highest BCUT2D eigenvalue weighted by atomic mass is 19.2. The van der Waals surface area contributed by atoms with Gasteiger partial charge >= 0.3 is 0 Å². The summed E-state index contributed by atoms with van der Waals surface area (Å²) in [5, 5.41) is 5.95. The first-order chi connectivity index (χ1) is 13.3. The van der Waals surface area contributed by atoms with E-state index < -0.39 is 24.4 Å². The molecule has 2 aliphatic carbocycles. The number of hydrogen-bond acceptors (Lipinski definition) is 4. The van der Waals surface area contributed by atoms with Gasteiger partial charge in [-0.1, -0.05) is 20.3 Å². The van der Waals surface area contributed by atoms with Gasteiger partial charge < -0.3 is 5.32 Å². The number of guanidine groups is 1. The molecular formula is C19H32F3N5O. The molecule has 6 nitrogen and oxygen atoms in total. The van der Waals surface area contributed by atoms with Crippen LogP contribution in [0.3, 0.4) is 0 Å². The monoisotopic (exact) mass is 403 g/mol. The maximum atomic E-state index is 14.1. The summed E-state index contributed by atoms with van der Waals surface area (Å²) in [7, 11) is 0. The Balaban J connectivity index is 1.63. The summed E-state index contributed by atoms with van der Waals surface area (Å²) in [5.74, 6) is -0.280. The average molecular weight is 403 g/mol. The van der Waals surface area contributed by atoms with E-state index in [0.717, 1.165) is 12.8 Å². The van der Waals surface area contributed by atoms with E-state index in [0.29, 0.717) is 31.3 Å². The van der Waals surface area contributed by atoms with E-state index in [1.165, 1.54) is 0 Å². The molecule has 3 rings (SSSR count). The molecular weight excluding hydrogens is 371 g/mol. The molecule has 7 atom stereocenters. The van der Waals surface area contributed by atoms with Crippen LogP contribution in [0.4, 0.5) is 13.2 Å². The molecule has 0 aromatic rings. The number of nitrogens with one attached hydrogen (secondary N) is 4. The normalized spacial score (nSPS) is 38.9. The number of hydrogen-bond donors (Lipinski definition) is 4. The lowest BCUT2D eigenvalue weighted by Crippen LogP contribution is -2.54. The minimum Gasteiger partial charge on any atom is -0.339 e. The number of halogens is 3. The van der Waals surface area contributed by atoms with Crippen LogP contribution < -0.4 is 21.5 Å². The fourth-order valence-corrected chi connectivity index (χ4v) is 4.26. The largest absolute Gasteiger partial charge is 0.339 e. The summed E-state index contributed by atoms with van der Waals surface area (Å²) in [6, 6.07) is -0.263. The molecule has 1 heterocycles. The average Bonchev–Trinajstić information content (AvgIpc) is 3.06. The molecule has 9 heteroatoms. The summed E-state index contributed by atoms with van der Waals surface area (Å²) >= 11 is 0. The number of amides is 1. The Hall–Kier alpha value is -1.35. The van der Waals surface area contributed by atoms with Gasteiger partial charge in [0.2, 0.25) is 5.91 Å². The maximum Gasteiger partial charge on any atom is 0.229 e. The minimum absolute atomic E-state index is 0.0436. The number of carbonyl (C=O) groups excluding carboxylic acids is 1. The van der Waals surface area contributed by atoms with Crippen molar-refractivity contribution in [3.05, 3.63) is 0 Å². The molecule has 7 unspecified atom stereocenters. The molecule has 0 spiro atoms. The van der Waals surface area contributed by atoms with E-state index in [-0.39, 0.29) is 36.9 Å². The Labute approximate surface area is 164 Å². The number of rotatable bonds is 4. The van der Waals surface area contributed by atoms with Gasteiger partial charge in [0.05, 0.1) is 12.2 Å². The van der Waals surface area contributed by atoms with Crippen LogP contribution in [-0.4, -0.2) is 49.1 Å². The van der Waals surface area contributed by atoms with E-state index >= 15 is 0 Å². The molecule has 0 aromatic carbocycles. The minimum atomic E-state index is -1.60. The summed E-state index contributed by atoms with van der Waals surface area (Å²) in [5.41, 5.74) is 6.08. The van der Waals surface area contributed by atoms with Crippen molar-refractivity contribution in [3.8, 4) is 0 Å². The van der Waals surface area contributed by atoms with E-state index in [4.69, 9.17) is 0 Å². The van der Waals surface area contributed by atoms with Crippen molar-refractivity contribution in [2.45, 2.75) is 83.1 Å². The van der Waals surface area contributed by atoms with Crippen LogP contribution in [0, 0.1) is 17.8 Å². The van der Waals surface area contributed by atoms with Crippen LogP contribution in [0.15, 0.2) is 4.99 Å². The Bertz CT molecular complexity index is 576. The first-order valence-electron chi connectivity index (χ1n) is 10.4. The van der Waals surface area contributed by atoms with Gasteiger partial charge in [-0.3, -0.25) is 15.1 Å². The van der Waals surface area contributed by atoms with Crippen molar-refractivity contribution in [1.29, 1.82) is 0 Å². The Kier molecular flexibility index (Phi) is 7.20. The summed E-state index contributed by atoms with van der Waals surface area (Å²) < 4.78 is 41.2. The van der Waals surface area contributed by atoms with Gasteiger partial charge in [-0.2, -0.15) is 0 Å². The zero-order valence-electron chi connectivity index (χ0n) is 16.6. The van der Waals surface area contributed by atoms with Crippen LogP contribution in [0.5, 0.6) is 0 Å². The maximum absolute atomic E-state index is 14.1. The number of fused-ring (bicyclic) bond motifs is 1. The molecule has 160 valence electrons. The number of carbonyl (C=O) groups is 1. The second-order valence-electron chi connectivity index (χ2n) is 8.66. The first-order valence-corrected chi connectivity index (χ1v) is 10.4. The second-order valence-corrected chi connectivity index (χ2v) is 8.66. The third-order valence-electron chi connectivity index (χ3n) is 5.91. The van der Waals surface area contributed by atoms with Gasteiger partial charge in [-0.15, -0.1) is 0 Å². The SMILES string of the molecule is CC(C)CN=C(NC(=O)C1CCC(F)C(F)C1)NC1NNC2C(F)CCCC12. The fraction of sp³-hybridized carbons (Fsp3) is 0.895. The Morgan fingerprint density at radius 3 is 2.57 bits per heavy atom. The van der Waals surface area contributed by atoms with Gasteiger partial charge in [0.1, 0.15) is 18.5 Å². The smallest absolute Gasteiger partial charge is 0.229 e. The summed E-state index contributed by atoms with van der Waals surface area (Å²) in [6.45, 7) is 4.53. The lowest BCUT2D eigenvalue weighted by Gasteiger charge is -2.31. The third-order valence-corrected chi connectivity index (χ3v) is 5.91. The Morgan fingerprint density at radius 2 is 1.86 bits per heavy atom. The predicted octanol–water partition coefficient (Wildman–Crippen LogP) is 2.12. The molecule has 0 bridgehead atoms. The third kappa shape index (κ3) is 5.17. The highest BCUT2D eigenvalue weighted by Gasteiger charge is 2.43. The van der Waals surface area contributed by atoms with E-state index in [2.05, 4.69) is 26.5 Å². The first kappa shape index (κ1) is 21.4. The highest BCUT2D eigenvalue weighted by Crippen LogP contribution is 2.31. The molecule has 3 aliphatic rings. The number of nitrogens with zero attached hydrogens (tertiary/aromatic N) is 1. The quantitative estimate of drug-likeness (QED) is 0.428. The summed E-state index contributed by atoms with van der Waals surface area (Å²) in [4.78, 5) is 17.1. The number of alkyl halides is 3.